The molecule has 1 aromatic carbocycles. The molecular formula is C14H20BrN3O2. The van der Waals surface area contributed by atoms with Gasteiger partial charge in [-0.2, -0.15) is 0 Å². The van der Waals surface area contributed by atoms with Gasteiger partial charge in [-0.15, -0.1) is 0 Å². The van der Waals surface area contributed by atoms with Crippen LogP contribution in [0.15, 0.2) is 22.7 Å². The van der Waals surface area contributed by atoms with Gasteiger partial charge in [0.1, 0.15) is 0 Å². The molecule has 1 fully saturated rings. The van der Waals surface area contributed by atoms with Crippen molar-refractivity contribution in [1.29, 1.82) is 0 Å². The topological polar surface area (TPSA) is 58.4 Å². The number of nitrogens with zero attached hydrogens (tertiary/aromatic N) is 2. The van der Waals surface area contributed by atoms with Gasteiger partial charge in [-0.25, -0.2) is 0 Å². The molecule has 1 heterocycles. The van der Waals surface area contributed by atoms with E-state index in [1.165, 1.54) is 12.8 Å². The standard InChI is InChI=1S/C14H20BrN3O2/c1-17(9-11-4-6-16-7-5-11)10-12-2-3-13(15)8-14(12)18(19)20/h2-3,8,11,16H,4-7,9-10H2,1H3. The summed E-state index contributed by atoms with van der Waals surface area (Å²) in [6.45, 7) is 3.77. The van der Waals surface area contributed by atoms with E-state index < -0.39 is 0 Å². The molecule has 2 rings (SSSR count). The summed E-state index contributed by atoms with van der Waals surface area (Å²) in [7, 11) is 2.04. The van der Waals surface area contributed by atoms with Crippen LogP contribution in [0.1, 0.15) is 18.4 Å². The third kappa shape index (κ3) is 4.26. The number of hydrogen-bond donors (Lipinski definition) is 1. The Kier molecular flexibility index (Phi) is 5.51. The zero-order valence-electron chi connectivity index (χ0n) is 11.6. The second-order valence-corrected chi connectivity index (χ2v) is 6.34. The quantitative estimate of drug-likeness (QED) is 0.660. The lowest BCUT2D eigenvalue weighted by Gasteiger charge is -2.27. The number of halogens is 1. The van der Waals surface area contributed by atoms with Crippen molar-refractivity contribution in [2.45, 2.75) is 19.4 Å². The molecule has 0 spiro atoms. The first kappa shape index (κ1) is 15.4. The van der Waals surface area contributed by atoms with E-state index in [4.69, 9.17) is 0 Å². The number of piperidine rings is 1. The Morgan fingerprint density at radius 1 is 1.45 bits per heavy atom. The molecule has 0 bridgehead atoms. The van der Waals surface area contributed by atoms with Crippen molar-refractivity contribution in [1.82, 2.24) is 10.2 Å². The highest BCUT2D eigenvalue weighted by molar-refractivity contribution is 9.10. The zero-order chi connectivity index (χ0) is 14.5. The number of nitrogens with one attached hydrogen (secondary N) is 1. The van der Waals surface area contributed by atoms with Gasteiger partial charge >= 0.3 is 0 Å². The van der Waals surface area contributed by atoms with Crippen molar-refractivity contribution in [2.24, 2.45) is 5.92 Å². The van der Waals surface area contributed by atoms with Crippen molar-refractivity contribution >= 4 is 21.6 Å². The number of hydrogen-bond acceptors (Lipinski definition) is 4. The van der Waals surface area contributed by atoms with E-state index >= 15 is 0 Å². The summed E-state index contributed by atoms with van der Waals surface area (Å²) in [6.07, 6.45) is 2.37. The van der Waals surface area contributed by atoms with Crippen molar-refractivity contribution in [2.75, 3.05) is 26.7 Å². The van der Waals surface area contributed by atoms with Crippen LogP contribution in [-0.2, 0) is 6.54 Å². The molecule has 0 unspecified atom stereocenters. The molecule has 20 heavy (non-hydrogen) atoms. The van der Waals surface area contributed by atoms with Crippen molar-refractivity contribution < 1.29 is 4.92 Å². The summed E-state index contributed by atoms with van der Waals surface area (Å²) in [5.74, 6) is 0.691. The molecule has 1 N–H and O–H groups in total. The van der Waals surface area contributed by atoms with Gasteiger partial charge in [-0.1, -0.05) is 15.9 Å². The summed E-state index contributed by atoms with van der Waals surface area (Å²) < 4.78 is 0.744. The number of nitro groups is 1. The molecule has 1 aliphatic heterocycles. The third-order valence-corrected chi connectivity index (χ3v) is 4.21. The first-order valence-electron chi connectivity index (χ1n) is 6.88. The maximum absolute atomic E-state index is 11.1. The van der Waals surface area contributed by atoms with Gasteiger partial charge < -0.3 is 10.2 Å². The molecule has 0 aliphatic carbocycles. The monoisotopic (exact) mass is 341 g/mol. The Bertz CT molecular complexity index is 475. The summed E-state index contributed by atoms with van der Waals surface area (Å²) in [5, 5.41) is 14.5. The largest absolute Gasteiger partial charge is 0.317 e. The van der Waals surface area contributed by atoms with Gasteiger partial charge in [0.25, 0.3) is 5.69 Å². The van der Waals surface area contributed by atoms with E-state index in [1.54, 1.807) is 6.07 Å². The van der Waals surface area contributed by atoms with Crippen LogP contribution in [0, 0.1) is 16.0 Å². The van der Waals surface area contributed by atoms with Crippen molar-refractivity contribution in [3.05, 3.63) is 38.3 Å². The van der Waals surface area contributed by atoms with Gasteiger partial charge in [-0.3, -0.25) is 10.1 Å². The average Bonchev–Trinajstić information content (AvgIpc) is 2.41. The van der Waals surface area contributed by atoms with E-state index in [-0.39, 0.29) is 10.6 Å². The molecule has 6 heteroatoms. The van der Waals surface area contributed by atoms with E-state index in [1.807, 2.05) is 19.2 Å². The SMILES string of the molecule is CN(Cc1ccc(Br)cc1[N+](=O)[O-])CC1CCNCC1. The maximum atomic E-state index is 11.1. The third-order valence-electron chi connectivity index (χ3n) is 3.71. The minimum absolute atomic E-state index is 0.191. The van der Waals surface area contributed by atoms with Crippen molar-refractivity contribution in [3.8, 4) is 0 Å². The Morgan fingerprint density at radius 3 is 2.80 bits per heavy atom. The summed E-state index contributed by atoms with van der Waals surface area (Å²) >= 11 is 3.29. The van der Waals surface area contributed by atoms with Crippen LogP contribution >= 0.6 is 15.9 Å². The summed E-state index contributed by atoms with van der Waals surface area (Å²) in [6, 6.07) is 5.27. The lowest BCUT2D eigenvalue weighted by molar-refractivity contribution is -0.385. The van der Waals surface area contributed by atoms with Crippen LogP contribution in [0.4, 0.5) is 5.69 Å². The fourth-order valence-corrected chi connectivity index (χ4v) is 3.05. The fraction of sp³-hybridized carbons (Fsp3) is 0.571. The predicted octanol–water partition coefficient (Wildman–Crippen LogP) is 2.79. The zero-order valence-corrected chi connectivity index (χ0v) is 13.2. The molecule has 0 amide bonds. The Morgan fingerprint density at radius 2 is 2.15 bits per heavy atom. The first-order chi connectivity index (χ1) is 9.56. The molecule has 1 aromatic rings. The minimum atomic E-state index is -0.307. The van der Waals surface area contributed by atoms with Gasteiger partial charge in [0.15, 0.2) is 0 Å². The van der Waals surface area contributed by atoms with Crippen LogP contribution in [0.25, 0.3) is 0 Å². The predicted molar refractivity (Wildman–Crippen MR) is 82.7 cm³/mol. The van der Waals surface area contributed by atoms with Crippen LogP contribution in [0.2, 0.25) is 0 Å². The van der Waals surface area contributed by atoms with Gasteiger partial charge in [0.2, 0.25) is 0 Å². The molecule has 1 aliphatic rings. The Labute approximate surface area is 127 Å². The van der Waals surface area contributed by atoms with E-state index in [0.29, 0.717) is 12.5 Å². The maximum Gasteiger partial charge on any atom is 0.275 e. The van der Waals surface area contributed by atoms with Crippen LogP contribution < -0.4 is 5.32 Å². The normalized spacial score (nSPS) is 16.6. The molecular weight excluding hydrogens is 322 g/mol. The molecule has 0 atom stereocenters. The fourth-order valence-electron chi connectivity index (χ4n) is 2.70. The van der Waals surface area contributed by atoms with E-state index in [0.717, 1.165) is 29.7 Å². The minimum Gasteiger partial charge on any atom is -0.317 e. The Hall–Kier alpha value is -0.980. The lowest BCUT2D eigenvalue weighted by Crippen LogP contribution is -2.34. The molecule has 0 radical (unpaired) electrons. The molecule has 5 nitrogen and oxygen atoms in total. The highest BCUT2D eigenvalue weighted by Crippen LogP contribution is 2.25. The van der Waals surface area contributed by atoms with E-state index in [2.05, 4.69) is 26.1 Å². The van der Waals surface area contributed by atoms with Crippen LogP contribution in [-0.4, -0.2) is 36.5 Å². The smallest absolute Gasteiger partial charge is 0.275 e. The van der Waals surface area contributed by atoms with Crippen LogP contribution in [0.3, 0.4) is 0 Å². The van der Waals surface area contributed by atoms with Gasteiger partial charge in [0, 0.05) is 29.2 Å². The summed E-state index contributed by atoms with van der Waals surface area (Å²) in [4.78, 5) is 13.0. The van der Waals surface area contributed by atoms with Crippen molar-refractivity contribution in [3.63, 3.8) is 0 Å². The molecule has 1 saturated heterocycles. The first-order valence-corrected chi connectivity index (χ1v) is 7.67. The molecule has 0 aromatic heterocycles. The Balaban J connectivity index is 1.99. The highest BCUT2D eigenvalue weighted by Gasteiger charge is 2.18. The van der Waals surface area contributed by atoms with Gasteiger partial charge in [0.05, 0.1) is 4.92 Å². The van der Waals surface area contributed by atoms with Crippen LogP contribution in [0.5, 0.6) is 0 Å². The summed E-state index contributed by atoms with van der Waals surface area (Å²) in [5.41, 5.74) is 0.964. The number of rotatable bonds is 5. The number of nitro benzene ring substituents is 1. The van der Waals surface area contributed by atoms with E-state index in [9.17, 15) is 10.1 Å². The van der Waals surface area contributed by atoms with Gasteiger partial charge in [-0.05, 0) is 51.0 Å². The molecule has 0 saturated carbocycles. The second-order valence-electron chi connectivity index (χ2n) is 5.42. The number of benzene rings is 1. The lowest BCUT2D eigenvalue weighted by atomic mass is 9.97. The average molecular weight is 342 g/mol. The highest BCUT2D eigenvalue weighted by atomic mass is 79.9. The second kappa shape index (κ2) is 7.15. The molecule has 110 valence electrons.